The van der Waals surface area contributed by atoms with Crippen LogP contribution in [-0.2, 0) is 16.1 Å². The molecule has 2 N–H and O–H groups in total. The number of carbonyl (C=O) groups excluding carboxylic acids is 2. The van der Waals surface area contributed by atoms with E-state index in [1.54, 1.807) is 10.9 Å². The van der Waals surface area contributed by atoms with Crippen LogP contribution in [0.1, 0.15) is 19.4 Å². The molecule has 7 heteroatoms. The summed E-state index contributed by atoms with van der Waals surface area (Å²) < 4.78 is 1.28. The lowest BCUT2D eigenvalue weighted by Crippen LogP contribution is -2.57. The maximum absolute atomic E-state index is 12.4. The molecule has 3 rings (SSSR count). The van der Waals surface area contributed by atoms with Gasteiger partial charge in [-0.1, -0.05) is 18.2 Å². The third-order valence-electron chi connectivity index (χ3n) is 3.98. The van der Waals surface area contributed by atoms with Gasteiger partial charge in [0.05, 0.1) is 10.4 Å². The first-order valence-electron chi connectivity index (χ1n) is 7.78. The van der Waals surface area contributed by atoms with Crippen molar-refractivity contribution in [3.63, 3.8) is 0 Å². The lowest BCUT2D eigenvalue weighted by atomic mass is 10.1. The number of nitrogens with zero attached hydrogens (tertiary/aromatic N) is 2. The van der Waals surface area contributed by atoms with E-state index in [0.29, 0.717) is 12.3 Å². The predicted octanol–water partition coefficient (Wildman–Crippen LogP) is 1.50. The summed E-state index contributed by atoms with van der Waals surface area (Å²) in [7, 11) is 0. The Morgan fingerprint density at radius 3 is 2.92 bits per heavy atom. The minimum absolute atomic E-state index is 0.101. The number of amides is 2. The summed E-state index contributed by atoms with van der Waals surface area (Å²) in [6.07, 6.45) is 3.58. The van der Waals surface area contributed by atoms with Gasteiger partial charge in [-0.2, -0.15) is 5.10 Å². The summed E-state index contributed by atoms with van der Waals surface area (Å²) in [5.74, 6) is 0.309. The van der Waals surface area contributed by atoms with E-state index in [9.17, 15) is 9.59 Å². The van der Waals surface area contributed by atoms with Crippen LogP contribution in [-0.4, -0.2) is 38.1 Å². The molecule has 2 aromatic rings. The van der Waals surface area contributed by atoms with Gasteiger partial charge in [0.25, 0.3) is 0 Å². The molecule has 1 aliphatic heterocycles. The molecular weight excluding hydrogens is 324 g/mol. The zero-order valence-electron chi connectivity index (χ0n) is 13.7. The Morgan fingerprint density at radius 2 is 2.21 bits per heavy atom. The molecule has 0 bridgehead atoms. The SMILES string of the molecule is CC1(C)SCC(C(=O)NCc2ccccc2-n2cccn2)NC1=O. The second kappa shape index (κ2) is 6.68. The number of carbonyl (C=O) groups is 2. The fourth-order valence-corrected chi connectivity index (χ4v) is 3.48. The molecule has 1 fully saturated rings. The van der Waals surface area contributed by atoms with E-state index in [1.807, 2.05) is 50.4 Å². The maximum atomic E-state index is 12.4. The molecule has 0 radical (unpaired) electrons. The van der Waals surface area contributed by atoms with Crippen LogP contribution in [0.2, 0.25) is 0 Å². The molecule has 1 saturated heterocycles. The Hall–Kier alpha value is -2.28. The van der Waals surface area contributed by atoms with E-state index in [2.05, 4.69) is 15.7 Å². The van der Waals surface area contributed by atoms with Crippen molar-refractivity contribution in [2.75, 3.05) is 5.75 Å². The quantitative estimate of drug-likeness (QED) is 0.881. The van der Waals surface area contributed by atoms with Crippen molar-refractivity contribution < 1.29 is 9.59 Å². The molecule has 1 atom stereocenters. The average molecular weight is 344 g/mol. The zero-order valence-corrected chi connectivity index (χ0v) is 14.5. The third-order valence-corrected chi connectivity index (χ3v) is 5.38. The van der Waals surface area contributed by atoms with Crippen molar-refractivity contribution in [2.24, 2.45) is 0 Å². The van der Waals surface area contributed by atoms with Gasteiger partial charge < -0.3 is 10.6 Å². The van der Waals surface area contributed by atoms with E-state index in [-0.39, 0.29) is 11.8 Å². The third kappa shape index (κ3) is 3.46. The first kappa shape index (κ1) is 16.6. The number of aromatic nitrogens is 2. The van der Waals surface area contributed by atoms with Crippen molar-refractivity contribution in [1.82, 2.24) is 20.4 Å². The monoisotopic (exact) mass is 344 g/mol. The molecule has 1 aromatic carbocycles. The Kier molecular flexibility index (Phi) is 4.62. The van der Waals surface area contributed by atoms with E-state index >= 15 is 0 Å². The van der Waals surface area contributed by atoms with E-state index in [1.165, 1.54) is 11.8 Å². The van der Waals surface area contributed by atoms with Gasteiger partial charge in [0.1, 0.15) is 6.04 Å². The Balaban J connectivity index is 1.65. The standard InChI is InChI=1S/C17H20N4O2S/c1-17(2)16(23)20-13(11-24-17)15(22)18-10-12-6-3-4-7-14(12)21-9-5-8-19-21/h3-9,13H,10-11H2,1-2H3,(H,18,22)(H,20,23). The first-order valence-corrected chi connectivity index (χ1v) is 8.76. The van der Waals surface area contributed by atoms with E-state index in [4.69, 9.17) is 0 Å². The summed E-state index contributed by atoms with van der Waals surface area (Å²) in [4.78, 5) is 24.4. The Labute approximate surface area is 145 Å². The smallest absolute Gasteiger partial charge is 0.243 e. The van der Waals surface area contributed by atoms with Gasteiger partial charge >= 0.3 is 0 Å². The second-order valence-electron chi connectivity index (χ2n) is 6.14. The number of hydrogen-bond donors (Lipinski definition) is 2. The minimum atomic E-state index is -0.493. The van der Waals surface area contributed by atoms with Gasteiger partial charge in [-0.3, -0.25) is 9.59 Å². The molecule has 1 aliphatic rings. The van der Waals surface area contributed by atoms with Gasteiger partial charge in [-0.15, -0.1) is 11.8 Å². The second-order valence-corrected chi connectivity index (χ2v) is 7.79. The van der Waals surface area contributed by atoms with Gasteiger partial charge in [0, 0.05) is 24.7 Å². The van der Waals surface area contributed by atoms with Gasteiger partial charge in [-0.05, 0) is 31.5 Å². The molecule has 0 saturated carbocycles. The van der Waals surface area contributed by atoms with Gasteiger partial charge in [0.2, 0.25) is 11.8 Å². The van der Waals surface area contributed by atoms with Crippen LogP contribution in [0.4, 0.5) is 0 Å². The van der Waals surface area contributed by atoms with Crippen molar-refractivity contribution in [3.8, 4) is 5.69 Å². The van der Waals surface area contributed by atoms with Crippen LogP contribution in [0.15, 0.2) is 42.7 Å². The largest absolute Gasteiger partial charge is 0.350 e. The molecule has 126 valence electrons. The maximum Gasteiger partial charge on any atom is 0.243 e. The zero-order chi connectivity index (χ0) is 17.2. The lowest BCUT2D eigenvalue weighted by molar-refractivity contribution is -0.129. The lowest BCUT2D eigenvalue weighted by Gasteiger charge is -2.32. The highest BCUT2D eigenvalue weighted by Crippen LogP contribution is 2.29. The van der Waals surface area contributed by atoms with E-state index in [0.717, 1.165) is 11.3 Å². The number of para-hydroxylation sites is 1. The Morgan fingerprint density at radius 1 is 1.42 bits per heavy atom. The number of benzene rings is 1. The highest BCUT2D eigenvalue weighted by Gasteiger charge is 2.37. The number of rotatable bonds is 4. The van der Waals surface area contributed by atoms with Crippen LogP contribution >= 0.6 is 11.8 Å². The van der Waals surface area contributed by atoms with E-state index < -0.39 is 10.8 Å². The van der Waals surface area contributed by atoms with Crippen LogP contribution in [0, 0.1) is 0 Å². The molecule has 1 unspecified atom stereocenters. The fraction of sp³-hybridized carbons (Fsp3) is 0.353. The highest BCUT2D eigenvalue weighted by atomic mass is 32.2. The number of hydrogen-bond acceptors (Lipinski definition) is 4. The fourth-order valence-electron chi connectivity index (χ4n) is 2.47. The summed E-state index contributed by atoms with van der Waals surface area (Å²) in [6, 6.07) is 9.13. The Bertz CT molecular complexity index is 743. The molecule has 6 nitrogen and oxygen atoms in total. The number of thioether (sulfide) groups is 1. The molecule has 1 aromatic heterocycles. The summed E-state index contributed by atoms with van der Waals surface area (Å²) in [6.45, 7) is 4.11. The average Bonchev–Trinajstić information content (AvgIpc) is 3.10. The van der Waals surface area contributed by atoms with Gasteiger partial charge in [-0.25, -0.2) is 4.68 Å². The molecule has 0 spiro atoms. The topological polar surface area (TPSA) is 76.0 Å². The summed E-state index contributed by atoms with van der Waals surface area (Å²) >= 11 is 1.50. The highest BCUT2D eigenvalue weighted by molar-refractivity contribution is 8.01. The van der Waals surface area contributed by atoms with Gasteiger partial charge in [0.15, 0.2) is 0 Å². The normalized spacial score (nSPS) is 19.6. The first-order chi connectivity index (χ1) is 11.5. The van der Waals surface area contributed by atoms with Crippen LogP contribution in [0.25, 0.3) is 5.69 Å². The number of nitrogens with one attached hydrogen (secondary N) is 2. The van der Waals surface area contributed by atoms with Crippen LogP contribution < -0.4 is 10.6 Å². The molecule has 0 aliphatic carbocycles. The minimum Gasteiger partial charge on any atom is -0.350 e. The van der Waals surface area contributed by atoms with Crippen molar-refractivity contribution in [3.05, 3.63) is 48.3 Å². The summed E-state index contributed by atoms with van der Waals surface area (Å²) in [5.41, 5.74) is 1.88. The summed E-state index contributed by atoms with van der Waals surface area (Å²) in [5, 5.41) is 9.94. The molecular formula is C17H20N4O2S. The van der Waals surface area contributed by atoms with Crippen molar-refractivity contribution in [1.29, 1.82) is 0 Å². The molecule has 2 amide bonds. The predicted molar refractivity (Wildman–Crippen MR) is 93.9 cm³/mol. The molecule has 24 heavy (non-hydrogen) atoms. The van der Waals surface area contributed by atoms with Crippen molar-refractivity contribution >= 4 is 23.6 Å². The van der Waals surface area contributed by atoms with Crippen LogP contribution in [0.5, 0.6) is 0 Å². The van der Waals surface area contributed by atoms with Crippen molar-refractivity contribution in [2.45, 2.75) is 31.2 Å². The van der Waals surface area contributed by atoms with Crippen LogP contribution in [0.3, 0.4) is 0 Å². The molecule has 2 heterocycles.